The van der Waals surface area contributed by atoms with Gasteiger partial charge in [0.1, 0.15) is 5.75 Å². The molecule has 1 heterocycles. The number of ether oxygens (including phenoxy) is 2. The predicted octanol–water partition coefficient (Wildman–Crippen LogP) is 3.79. The normalized spacial score (nSPS) is 10.3. The minimum absolute atomic E-state index is 0.165. The lowest BCUT2D eigenvalue weighted by atomic mass is 10.1. The van der Waals surface area contributed by atoms with Gasteiger partial charge in [0.2, 0.25) is 5.88 Å². The van der Waals surface area contributed by atoms with Crippen LogP contribution in [0.15, 0.2) is 54.6 Å². The van der Waals surface area contributed by atoms with Crippen molar-refractivity contribution in [3.05, 3.63) is 65.9 Å². The Kier molecular flexibility index (Phi) is 5.66. The van der Waals surface area contributed by atoms with E-state index in [-0.39, 0.29) is 12.5 Å². The van der Waals surface area contributed by atoms with E-state index in [9.17, 15) is 4.79 Å². The first-order valence-corrected chi connectivity index (χ1v) is 8.53. The summed E-state index contributed by atoms with van der Waals surface area (Å²) >= 11 is 0. The summed E-state index contributed by atoms with van der Waals surface area (Å²) < 4.78 is 10.8. The number of amides is 1. The molecule has 0 spiro atoms. The van der Waals surface area contributed by atoms with E-state index in [1.54, 1.807) is 25.3 Å². The SMILES string of the molecule is COc1ccccc1NC(=O)COc1cc(C)nc(-c2ccc(C)cc2)n1. The number of aromatic nitrogens is 2. The van der Waals surface area contributed by atoms with Crippen molar-refractivity contribution in [3.8, 4) is 23.0 Å². The molecule has 0 aliphatic rings. The molecule has 0 aliphatic heterocycles. The van der Waals surface area contributed by atoms with Crippen LogP contribution in [0, 0.1) is 13.8 Å². The van der Waals surface area contributed by atoms with E-state index in [2.05, 4.69) is 15.3 Å². The first-order valence-electron chi connectivity index (χ1n) is 8.53. The number of carbonyl (C=O) groups is 1. The zero-order valence-corrected chi connectivity index (χ0v) is 15.5. The van der Waals surface area contributed by atoms with E-state index in [1.807, 2.05) is 50.2 Å². The number of aryl methyl sites for hydroxylation is 2. The van der Waals surface area contributed by atoms with Gasteiger partial charge >= 0.3 is 0 Å². The molecule has 1 N–H and O–H groups in total. The highest BCUT2D eigenvalue weighted by Crippen LogP contribution is 2.23. The van der Waals surface area contributed by atoms with Crippen molar-refractivity contribution in [3.63, 3.8) is 0 Å². The smallest absolute Gasteiger partial charge is 0.262 e. The summed E-state index contributed by atoms with van der Waals surface area (Å²) in [6, 6.07) is 16.8. The number of methoxy groups -OCH3 is 1. The molecule has 6 heteroatoms. The number of carbonyl (C=O) groups excluding carboxylic acids is 1. The van der Waals surface area contributed by atoms with Gasteiger partial charge in [-0.25, -0.2) is 4.98 Å². The molecule has 1 amide bonds. The van der Waals surface area contributed by atoms with Gasteiger partial charge in [0, 0.05) is 17.3 Å². The van der Waals surface area contributed by atoms with E-state index in [1.165, 1.54) is 0 Å². The van der Waals surface area contributed by atoms with Crippen LogP contribution < -0.4 is 14.8 Å². The molecule has 0 saturated carbocycles. The molecule has 3 aromatic rings. The predicted molar refractivity (Wildman–Crippen MR) is 104 cm³/mol. The highest BCUT2D eigenvalue weighted by molar-refractivity contribution is 5.93. The fourth-order valence-corrected chi connectivity index (χ4v) is 2.52. The van der Waals surface area contributed by atoms with Crippen molar-refractivity contribution in [2.24, 2.45) is 0 Å². The topological polar surface area (TPSA) is 73.3 Å². The van der Waals surface area contributed by atoms with Crippen molar-refractivity contribution in [2.45, 2.75) is 13.8 Å². The Morgan fingerprint density at radius 2 is 1.78 bits per heavy atom. The van der Waals surface area contributed by atoms with Crippen LogP contribution in [-0.2, 0) is 4.79 Å². The van der Waals surface area contributed by atoms with Crippen LogP contribution in [0.2, 0.25) is 0 Å². The first-order chi connectivity index (χ1) is 13.0. The summed E-state index contributed by atoms with van der Waals surface area (Å²) in [4.78, 5) is 21.0. The van der Waals surface area contributed by atoms with E-state index < -0.39 is 0 Å². The third kappa shape index (κ3) is 4.82. The molecule has 1 aromatic heterocycles. The van der Waals surface area contributed by atoms with Gasteiger partial charge in [-0.15, -0.1) is 0 Å². The summed E-state index contributed by atoms with van der Waals surface area (Å²) in [5, 5.41) is 2.77. The molecule has 0 radical (unpaired) electrons. The fourth-order valence-electron chi connectivity index (χ4n) is 2.52. The average Bonchev–Trinajstić information content (AvgIpc) is 2.67. The van der Waals surface area contributed by atoms with Crippen LogP contribution in [0.3, 0.4) is 0 Å². The maximum absolute atomic E-state index is 12.2. The first kappa shape index (κ1) is 18.4. The summed E-state index contributed by atoms with van der Waals surface area (Å²) in [6.45, 7) is 3.72. The van der Waals surface area contributed by atoms with Gasteiger partial charge in [0.05, 0.1) is 12.8 Å². The van der Waals surface area contributed by atoms with Gasteiger partial charge in [-0.2, -0.15) is 4.98 Å². The lowest BCUT2D eigenvalue weighted by molar-refractivity contribution is -0.118. The molecule has 138 valence electrons. The molecule has 0 atom stereocenters. The number of rotatable bonds is 6. The third-order valence-electron chi connectivity index (χ3n) is 3.87. The van der Waals surface area contributed by atoms with Gasteiger partial charge in [-0.3, -0.25) is 4.79 Å². The minimum Gasteiger partial charge on any atom is -0.495 e. The second-order valence-corrected chi connectivity index (χ2v) is 6.07. The third-order valence-corrected chi connectivity index (χ3v) is 3.87. The zero-order valence-electron chi connectivity index (χ0n) is 15.5. The number of nitrogens with one attached hydrogen (secondary N) is 1. The summed E-state index contributed by atoms with van der Waals surface area (Å²) in [5.74, 6) is 1.21. The number of nitrogens with zero attached hydrogens (tertiary/aromatic N) is 2. The highest BCUT2D eigenvalue weighted by atomic mass is 16.5. The zero-order chi connectivity index (χ0) is 19.2. The van der Waals surface area contributed by atoms with E-state index in [4.69, 9.17) is 9.47 Å². The molecule has 3 rings (SSSR count). The van der Waals surface area contributed by atoms with Crippen LogP contribution in [0.4, 0.5) is 5.69 Å². The van der Waals surface area contributed by atoms with Crippen LogP contribution in [-0.4, -0.2) is 29.6 Å². The molecule has 2 aromatic carbocycles. The van der Waals surface area contributed by atoms with Crippen LogP contribution in [0.1, 0.15) is 11.3 Å². The summed E-state index contributed by atoms with van der Waals surface area (Å²) in [6.07, 6.45) is 0. The highest BCUT2D eigenvalue weighted by Gasteiger charge is 2.10. The van der Waals surface area contributed by atoms with E-state index in [0.717, 1.165) is 16.8 Å². The molecule has 0 bridgehead atoms. The van der Waals surface area contributed by atoms with Gasteiger partial charge in [-0.1, -0.05) is 42.0 Å². The standard InChI is InChI=1S/C21H21N3O3/c1-14-8-10-16(11-9-14)21-22-15(2)12-20(24-21)27-13-19(25)23-17-6-4-5-7-18(17)26-3/h4-12H,13H2,1-3H3,(H,23,25). The maximum atomic E-state index is 12.2. The molecule has 0 saturated heterocycles. The number of anilines is 1. The van der Waals surface area contributed by atoms with Crippen LogP contribution in [0.25, 0.3) is 11.4 Å². The summed E-state index contributed by atoms with van der Waals surface area (Å²) in [7, 11) is 1.55. The molecule has 6 nitrogen and oxygen atoms in total. The maximum Gasteiger partial charge on any atom is 0.262 e. The lowest BCUT2D eigenvalue weighted by Gasteiger charge is -2.11. The van der Waals surface area contributed by atoms with Gasteiger partial charge in [0.15, 0.2) is 12.4 Å². The lowest BCUT2D eigenvalue weighted by Crippen LogP contribution is -2.21. The Hall–Kier alpha value is -3.41. The van der Waals surface area contributed by atoms with Crippen molar-refractivity contribution in [1.82, 2.24) is 9.97 Å². The van der Waals surface area contributed by atoms with Crippen molar-refractivity contribution < 1.29 is 14.3 Å². The fraction of sp³-hybridized carbons (Fsp3) is 0.190. The van der Waals surface area contributed by atoms with Gasteiger partial charge in [0.25, 0.3) is 5.91 Å². The Morgan fingerprint density at radius 1 is 1.04 bits per heavy atom. The molecular weight excluding hydrogens is 342 g/mol. The average molecular weight is 363 g/mol. The van der Waals surface area contributed by atoms with Crippen molar-refractivity contribution in [1.29, 1.82) is 0 Å². The van der Waals surface area contributed by atoms with Gasteiger partial charge in [-0.05, 0) is 26.0 Å². The van der Waals surface area contributed by atoms with E-state index in [0.29, 0.717) is 23.1 Å². The second kappa shape index (κ2) is 8.31. The summed E-state index contributed by atoms with van der Waals surface area (Å²) in [5.41, 5.74) is 3.41. The molecule has 27 heavy (non-hydrogen) atoms. The Bertz CT molecular complexity index is 940. The Labute approximate surface area is 158 Å². The van der Waals surface area contributed by atoms with Crippen LogP contribution >= 0.6 is 0 Å². The second-order valence-electron chi connectivity index (χ2n) is 6.07. The molecular formula is C21H21N3O3. The van der Waals surface area contributed by atoms with Crippen LogP contribution in [0.5, 0.6) is 11.6 Å². The molecule has 0 aliphatic carbocycles. The molecule has 0 unspecified atom stereocenters. The number of hydrogen-bond acceptors (Lipinski definition) is 5. The van der Waals surface area contributed by atoms with Crippen molar-refractivity contribution in [2.75, 3.05) is 19.0 Å². The van der Waals surface area contributed by atoms with Gasteiger partial charge < -0.3 is 14.8 Å². The van der Waals surface area contributed by atoms with Crippen molar-refractivity contribution >= 4 is 11.6 Å². The number of para-hydroxylation sites is 2. The monoisotopic (exact) mass is 363 g/mol. The number of benzene rings is 2. The largest absolute Gasteiger partial charge is 0.495 e. The minimum atomic E-state index is -0.298. The Balaban J connectivity index is 1.69. The quantitative estimate of drug-likeness (QED) is 0.721. The Morgan fingerprint density at radius 3 is 2.52 bits per heavy atom. The number of hydrogen-bond donors (Lipinski definition) is 1. The van der Waals surface area contributed by atoms with E-state index >= 15 is 0 Å². The molecule has 0 fully saturated rings.